The number of nitrogens with zero attached hydrogens (tertiary/aromatic N) is 5. The van der Waals surface area contributed by atoms with Crippen LogP contribution in [0.25, 0.3) is 15.3 Å². The van der Waals surface area contributed by atoms with E-state index in [9.17, 15) is 18.4 Å². The highest BCUT2D eigenvalue weighted by Crippen LogP contribution is 2.30. The largest absolute Gasteiger partial charge is 0.381 e. The number of aryl methyl sites for hydroxylation is 1. The summed E-state index contributed by atoms with van der Waals surface area (Å²) in [5.41, 5.74) is 2.44. The smallest absolute Gasteiger partial charge is 0.260 e. The standard InChI is InChI=1S/C23H26F2N8O2S/c1-14-18(7-16(9-26-14)29-20(34)13-32-5-3-23(24,25)4-6-32)30-21(35)17-10-28-33-12-19(36-22(17)33)15-8-27-31(2)11-15/h7-12,14,26H,3-6,13H2,1-2H3,(H,29,34)(H,30,35). The molecular weight excluding hydrogens is 490 g/mol. The quantitative estimate of drug-likeness (QED) is 0.463. The zero-order valence-electron chi connectivity index (χ0n) is 19.8. The summed E-state index contributed by atoms with van der Waals surface area (Å²) in [5.74, 6) is -3.27. The van der Waals surface area contributed by atoms with Crippen molar-refractivity contribution in [3.63, 3.8) is 0 Å². The van der Waals surface area contributed by atoms with Crippen LogP contribution in [-0.4, -0.2) is 67.7 Å². The molecule has 5 heterocycles. The van der Waals surface area contributed by atoms with Crippen LogP contribution in [0.15, 0.2) is 48.5 Å². The minimum Gasteiger partial charge on any atom is -0.381 e. The lowest BCUT2D eigenvalue weighted by Gasteiger charge is -2.31. The lowest BCUT2D eigenvalue weighted by molar-refractivity contribution is -0.123. The number of rotatable bonds is 6. The second kappa shape index (κ2) is 9.47. The molecule has 3 aromatic rings. The molecule has 36 heavy (non-hydrogen) atoms. The van der Waals surface area contributed by atoms with Crippen molar-refractivity contribution in [3.05, 3.63) is 54.0 Å². The average Bonchev–Trinajstić information content (AvgIpc) is 3.53. The number of dihydropyridines is 1. The molecule has 13 heteroatoms. The summed E-state index contributed by atoms with van der Waals surface area (Å²) in [4.78, 5) is 28.9. The Balaban J connectivity index is 1.24. The maximum Gasteiger partial charge on any atom is 0.260 e. The predicted octanol–water partition coefficient (Wildman–Crippen LogP) is 2.09. The molecule has 0 radical (unpaired) electrons. The number of hydrogen-bond donors (Lipinski definition) is 3. The van der Waals surface area contributed by atoms with Gasteiger partial charge in [0.05, 0.1) is 41.1 Å². The first kappa shape index (κ1) is 24.1. The van der Waals surface area contributed by atoms with Crippen molar-refractivity contribution in [2.75, 3.05) is 19.6 Å². The molecule has 1 saturated heterocycles. The Morgan fingerprint density at radius 1 is 1.19 bits per heavy atom. The first-order valence-corrected chi connectivity index (χ1v) is 12.3. The van der Waals surface area contributed by atoms with Crippen LogP contribution in [0.5, 0.6) is 0 Å². The Bertz CT molecular complexity index is 1360. The predicted molar refractivity (Wildman–Crippen MR) is 130 cm³/mol. The molecule has 0 aromatic carbocycles. The SMILES string of the molecule is CC1NC=C(NC(=O)CN2CCC(F)(F)CC2)C=C1NC(=O)c1cnn2cc(-c3cnn(C)c3)sc12. The molecule has 2 aliphatic heterocycles. The molecular formula is C23H26F2N8O2S. The van der Waals surface area contributed by atoms with Crippen LogP contribution >= 0.6 is 11.3 Å². The van der Waals surface area contributed by atoms with Crippen LogP contribution in [0.3, 0.4) is 0 Å². The lowest BCUT2D eigenvalue weighted by Crippen LogP contribution is -2.45. The molecule has 2 amide bonds. The van der Waals surface area contributed by atoms with E-state index in [-0.39, 0.29) is 50.3 Å². The van der Waals surface area contributed by atoms with Gasteiger partial charge in [-0.1, -0.05) is 0 Å². The molecule has 0 aliphatic carbocycles. The van der Waals surface area contributed by atoms with Gasteiger partial charge in [-0.2, -0.15) is 10.2 Å². The van der Waals surface area contributed by atoms with E-state index >= 15 is 0 Å². The van der Waals surface area contributed by atoms with Gasteiger partial charge in [0.25, 0.3) is 11.8 Å². The molecule has 0 spiro atoms. The molecule has 1 unspecified atom stereocenters. The van der Waals surface area contributed by atoms with Crippen molar-refractivity contribution >= 4 is 28.0 Å². The zero-order chi connectivity index (χ0) is 25.4. The van der Waals surface area contributed by atoms with Gasteiger partial charge in [0.2, 0.25) is 5.91 Å². The highest BCUT2D eigenvalue weighted by Gasteiger charge is 2.34. The van der Waals surface area contributed by atoms with Crippen molar-refractivity contribution in [3.8, 4) is 10.4 Å². The summed E-state index contributed by atoms with van der Waals surface area (Å²) in [6.45, 7) is 2.27. The number of allylic oxidation sites excluding steroid dienone is 1. The highest BCUT2D eigenvalue weighted by atomic mass is 32.1. The van der Waals surface area contributed by atoms with Crippen molar-refractivity contribution in [1.82, 2.24) is 40.2 Å². The van der Waals surface area contributed by atoms with Crippen molar-refractivity contribution in [2.45, 2.75) is 31.7 Å². The fraction of sp³-hybridized carbons (Fsp3) is 0.391. The Hall–Kier alpha value is -3.58. The Morgan fingerprint density at radius 3 is 2.69 bits per heavy atom. The number of thiazole rings is 1. The van der Waals surface area contributed by atoms with Crippen LogP contribution in [0.1, 0.15) is 30.1 Å². The van der Waals surface area contributed by atoms with E-state index in [1.807, 2.05) is 26.4 Å². The van der Waals surface area contributed by atoms with Crippen molar-refractivity contribution < 1.29 is 18.4 Å². The molecule has 3 aromatic heterocycles. The van der Waals surface area contributed by atoms with Crippen LogP contribution in [-0.2, 0) is 11.8 Å². The molecule has 190 valence electrons. The van der Waals surface area contributed by atoms with Gasteiger partial charge in [-0.3, -0.25) is 19.2 Å². The monoisotopic (exact) mass is 516 g/mol. The number of carbonyl (C=O) groups is 2. The van der Waals surface area contributed by atoms with E-state index in [0.717, 1.165) is 10.4 Å². The van der Waals surface area contributed by atoms with Crippen LogP contribution in [0, 0.1) is 0 Å². The van der Waals surface area contributed by atoms with Crippen LogP contribution in [0.4, 0.5) is 8.78 Å². The summed E-state index contributed by atoms with van der Waals surface area (Å²) < 4.78 is 30.1. The van der Waals surface area contributed by atoms with E-state index in [4.69, 9.17) is 0 Å². The second-order valence-corrected chi connectivity index (χ2v) is 10.1. The molecule has 0 bridgehead atoms. The molecule has 5 rings (SSSR count). The van der Waals surface area contributed by atoms with Gasteiger partial charge in [0.1, 0.15) is 4.83 Å². The zero-order valence-corrected chi connectivity index (χ0v) is 20.6. The van der Waals surface area contributed by atoms with Gasteiger partial charge in [-0.25, -0.2) is 13.3 Å². The number of amides is 2. The van der Waals surface area contributed by atoms with E-state index in [1.54, 1.807) is 32.6 Å². The number of halogens is 2. The average molecular weight is 517 g/mol. The minimum absolute atomic E-state index is 0.0323. The number of piperidine rings is 1. The first-order valence-electron chi connectivity index (χ1n) is 11.5. The van der Waals surface area contributed by atoms with Gasteiger partial charge < -0.3 is 16.0 Å². The molecule has 1 atom stereocenters. The number of carbonyl (C=O) groups excluding carboxylic acids is 2. The Morgan fingerprint density at radius 2 is 1.97 bits per heavy atom. The maximum absolute atomic E-state index is 13.3. The van der Waals surface area contributed by atoms with Crippen molar-refractivity contribution in [2.24, 2.45) is 7.05 Å². The minimum atomic E-state index is -2.65. The second-order valence-electron chi connectivity index (χ2n) is 9.03. The third-order valence-electron chi connectivity index (χ3n) is 6.19. The first-order chi connectivity index (χ1) is 17.2. The molecule has 2 aliphatic rings. The summed E-state index contributed by atoms with van der Waals surface area (Å²) in [7, 11) is 1.84. The fourth-order valence-electron chi connectivity index (χ4n) is 4.12. The number of fused-ring (bicyclic) bond motifs is 1. The van der Waals surface area contributed by atoms with Gasteiger partial charge >= 0.3 is 0 Å². The topological polar surface area (TPSA) is 109 Å². The molecule has 1 fully saturated rings. The summed E-state index contributed by atoms with van der Waals surface area (Å²) >= 11 is 1.44. The Kier molecular flexibility index (Phi) is 6.35. The van der Waals surface area contributed by atoms with Crippen LogP contribution in [0.2, 0.25) is 0 Å². The summed E-state index contributed by atoms with van der Waals surface area (Å²) in [5, 5.41) is 17.3. The third-order valence-corrected chi connectivity index (χ3v) is 7.35. The van der Waals surface area contributed by atoms with Crippen molar-refractivity contribution in [1.29, 1.82) is 0 Å². The fourth-order valence-corrected chi connectivity index (χ4v) is 5.15. The molecule has 3 N–H and O–H groups in total. The van der Waals surface area contributed by atoms with E-state index in [0.29, 0.717) is 21.8 Å². The van der Waals surface area contributed by atoms with E-state index in [2.05, 4.69) is 26.1 Å². The number of nitrogens with one attached hydrogen (secondary N) is 3. The van der Waals surface area contributed by atoms with Gasteiger partial charge in [0, 0.05) is 62.8 Å². The number of likely N-dealkylation sites (tertiary alicyclic amines) is 1. The van der Waals surface area contributed by atoms with E-state index < -0.39 is 5.92 Å². The lowest BCUT2D eigenvalue weighted by atomic mass is 10.1. The highest BCUT2D eigenvalue weighted by molar-refractivity contribution is 7.21. The van der Waals surface area contributed by atoms with Gasteiger partial charge in [-0.15, -0.1) is 11.3 Å². The summed E-state index contributed by atoms with van der Waals surface area (Å²) in [6, 6.07) is -0.195. The van der Waals surface area contributed by atoms with Gasteiger partial charge in [0.15, 0.2) is 0 Å². The number of aromatic nitrogens is 4. The third kappa shape index (κ3) is 5.16. The Labute approximate surface area is 209 Å². The van der Waals surface area contributed by atoms with Gasteiger partial charge in [-0.05, 0) is 13.0 Å². The number of hydrogen-bond acceptors (Lipinski definition) is 7. The maximum atomic E-state index is 13.3. The van der Waals surface area contributed by atoms with Crippen LogP contribution < -0.4 is 16.0 Å². The number of alkyl halides is 2. The molecule has 0 saturated carbocycles. The van der Waals surface area contributed by atoms with E-state index in [1.165, 1.54) is 17.5 Å². The summed E-state index contributed by atoms with van der Waals surface area (Å²) in [6.07, 6.45) is 9.90. The normalized spacial score (nSPS) is 19.9. The molecule has 10 nitrogen and oxygen atoms in total.